The lowest BCUT2D eigenvalue weighted by molar-refractivity contribution is -0.117. The highest BCUT2D eigenvalue weighted by molar-refractivity contribution is 14.1. The maximum Gasteiger partial charge on any atom is 0.232 e. The monoisotopic (exact) mass is 449 g/mol. The third kappa shape index (κ3) is 4.40. The van der Waals surface area contributed by atoms with Crippen molar-refractivity contribution in [3.05, 3.63) is 30.2 Å². The second-order valence-electron chi connectivity index (χ2n) is 4.63. The van der Waals surface area contributed by atoms with Crippen molar-refractivity contribution in [2.24, 2.45) is 0 Å². The van der Waals surface area contributed by atoms with Crippen LogP contribution in [0.4, 0.5) is 5.00 Å². The summed E-state index contributed by atoms with van der Waals surface area (Å²) >= 11 is 2.76. The highest BCUT2D eigenvalue weighted by Gasteiger charge is 2.20. The van der Waals surface area contributed by atoms with Crippen molar-refractivity contribution >= 4 is 56.0 Å². The molecule has 1 atom stereocenters. The van der Waals surface area contributed by atoms with Gasteiger partial charge in [-0.1, -0.05) is 45.1 Å². The average molecular weight is 449 g/mol. The number of thiazole rings is 1. The van der Waals surface area contributed by atoms with E-state index in [0.717, 1.165) is 25.7 Å². The summed E-state index contributed by atoms with van der Waals surface area (Å²) in [4.78, 5) is 22.6. The lowest BCUT2D eigenvalue weighted by atomic mass is 10.3. The van der Waals surface area contributed by atoms with Crippen molar-refractivity contribution < 1.29 is 9.35 Å². The number of carbonyl (C=O) groups is 1. The van der Waals surface area contributed by atoms with E-state index in [1.165, 1.54) is 11.3 Å². The highest BCUT2D eigenvalue weighted by Crippen LogP contribution is 2.35. The smallest absolute Gasteiger partial charge is 0.232 e. The number of nitrogens with zero attached hydrogens (tertiary/aromatic N) is 3. The number of hydrogen-bond donors (Lipinski definition) is 0. The second-order valence-corrected chi connectivity index (χ2v) is 7.92. The summed E-state index contributed by atoms with van der Waals surface area (Å²) in [6.45, 7) is 0. The lowest BCUT2D eigenvalue weighted by Gasteiger charge is -2.16. The Morgan fingerprint density at radius 3 is 2.91 bits per heavy atom. The molecule has 0 radical (unpaired) electrons. The molecule has 2 heterocycles. The molecule has 0 aromatic carbocycles. The van der Waals surface area contributed by atoms with E-state index in [2.05, 4.69) is 32.6 Å². The Morgan fingerprint density at radius 2 is 2.32 bits per heavy atom. The molecule has 0 saturated heterocycles. The molecule has 1 amide bonds. The first-order valence-electron chi connectivity index (χ1n) is 6.55. The summed E-state index contributed by atoms with van der Waals surface area (Å²) in [6.07, 6.45) is 5.37. The fourth-order valence-electron chi connectivity index (χ4n) is 1.82. The third-order valence-electron chi connectivity index (χ3n) is 2.99. The quantitative estimate of drug-likeness (QED) is 0.387. The molecule has 0 aliphatic heterocycles. The number of pyridine rings is 1. The van der Waals surface area contributed by atoms with E-state index in [9.17, 15) is 9.35 Å². The van der Waals surface area contributed by atoms with Crippen LogP contribution >= 0.6 is 33.9 Å². The normalized spacial score (nSPS) is 12.2. The van der Waals surface area contributed by atoms with Crippen molar-refractivity contribution in [1.82, 2.24) is 9.97 Å². The average Bonchev–Trinajstić information content (AvgIpc) is 2.97. The van der Waals surface area contributed by atoms with E-state index in [1.54, 1.807) is 30.6 Å². The van der Waals surface area contributed by atoms with Crippen LogP contribution in [0.5, 0.6) is 0 Å². The first-order chi connectivity index (χ1) is 10.5. The van der Waals surface area contributed by atoms with Crippen molar-refractivity contribution in [3.63, 3.8) is 0 Å². The number of alkyl halides is 1. The maximum absolute atomic E-state index is 12.2. The minimum absolute atomic E-state index is 0.0392. The molecule has 8 heteroatoms. The Hall–Kier alpha value is -0.710. The van der Waals surface area contributed by atoms with Gasteiger partial charge in [0, 0.05) is 29.4 Å². The number of rotatable bonds is 6. The first-order valence-corrected chi connectivity index (χ1v) is 10.6. The summed E-state index contributed by atoms with van der Waals surface area (Å²) in [7, 11) is 1.75. The van der Waals surface area contributed by atoms with E-state index in [-0.39, 0.29) is 12.3 Å². The van der Waals surface area contributed by atoms with Gasteiger partial charge >= 0.3 is 0 Å². The Morgan fingerprint density at radius 1 is 1.55 bits per heavy atom. The fraction of sp³-hybridized carbons (Fsp3) is 0.357. The minimum atomic E-state index is -0.960. The molecule has 5 nitrogen and oxygen atoms in total. The molecular formula is C14H16IN3O2S2. The van der Waals surface area contributed by atoms with Crippen LogP contribution in [-0.4, -0.2) is 39.5 Å². The number of anilines is 1. The van der Waals surface area contributed by atoms with Gasteiger partial charge in [0.15, 0.2) is 0 Å². The van der Waals surface area contributed by atoms with Gasteiger partial charge in [0.05, 0.1) is 18.4 Å². The molecule has 2 aromatic heterocycles. The summed E-state index contributed by atoms with van der Waals surface area (Å²) in [5, 5.41) is 1.70. The van der Waals surface area contributed by atoms with Crippen LogP contribution in [0.2, 0.25) is 0 Å². The first kappa shape index (κ1) is 17.6. The Kier molecular flexibility index (Phi) is 6.60. The van der Waals surface area contributed by atoms with Crippen LogP contribution in [-0.2, 0) is 20.4 Å². The van der Waals surface area contributed by atoms with Gasteiger partial charge in [-0.3, -0.25) is 9.78 Å². The van der Waals surface area contributed by atoms with Gasteiger partial charge in [-0.15, -0.1) is 0 Å². The van der Waals surface area contributed by atoms with Gasteiger partial charge in [0.1, 0.15) is 15.8 Å². The predicted molar refractivity (Wildman–Crippen MR) is 100 cm³/mol. The molecule has 0 N–H and O–H groups in total. The van der Waals surface area contributed by atoms with E-state index < -0.39 is 11.2 Å². The molecule has 0 saturated carbocycles. The predicted octanol–water partition coefficient (Wildman–Crippen LogP) is 2.87. The summed E-state index contributed by atoms with van der Waals surface area (Å²) in [6, 6.07) is 3.82. The van der Waals surface area contributed by atoms with Crippen molar-refractivity contribution in [1.29, 1.82) is 0 Å². The van der Waals surface area contributed by atoms with Gasteiger partial charge in [0.2, 0.25) is 5.91 Å². The molecule has 118 valence electrons. The van der Waals surface area contributed by atoms with Gasteiger partial charge in [0.25, 0.3) is 0 Å². The molecule has 0 fully saturated rings. The zero-order chi connectivity index (χ0) is 16.1. The largest absolute Gasteiger partial charge is 0.617 e. The van der Waals surface area contributed by atoms with Crippen LogP contribution < -0.4 is 4.90 Å². The van der Waals surface area contributed by atoms with Gasteiger partial charge in [-0.2, -0.15) is 0 Å². The fourth-order valence-corrected chi connectivity index (χ4v) is 4.12. The van der Waals surface area contributed by atoms with Crippen LogP contribution in [0.1, 0.15) is 12.1 Å². The molecular weight excluding hydrogens is 433 g/mol. The summed E-state index contributed by atoms with van der Waals surface area (Å²) < 4.78 is 11.9. The lowest BCUT2D eigenvalue weighted by Crippen LogP contribution is -2.28. The SMILES string of the molecule is CN(C(=O)CC[S+](C)[O-])c1sc(-c2cccnc2)nc1CI. The topological polar surface area (TPSA) is 69.2 Å². The van der Waals surface area contributed by atoms with Crippen molar-refractivity contribution in [3.8, 4) is 10.6 Å². The van der Waals surface area contributed by atoms with E-state index in [1.807, 2.05) is 12.1 Å². The standard InChI is InChI=1S/C14H16IN3O2S2/c1-18(12(19)5-7-22(2)20)14-11(8-15)17-13(21-14)10-4-3-6-16-9-10/h3-4,6,9H,5,7-8H2,1-2H3. The molecule has 22 heavy (non-hydrogen) atoms. The second kappa shape index (κ2) is 8.23. The molecule has 0 aliphatic rings. The zero-order valence-electron chi connectivity index (χ0n) is 12.3. The van der Waals surface area contributed by atoms with Crippen LogP contribution in [0.3, 0.4) is 0 Å². The molecule has 2 rings (SSSR count). The number of amides is 1. The number of aromatic nitrogens is 2. The molecule has 0 aliphatic carbocycles. The van der Waals surface area contributed by atoms with Crippen LogP contribution in [0.25, 0.3) is 10.6 Å². The van der Waals surface area contributed by atoms with E-state index >= 15 is 0 Å². The van der Waals surface area contributed by atoms with E-state index in [4.69, 9.17) is 0 Å². The molecule has 2 aromatic rings. The minimum Gasteiger partial charge on any atom is -0.617 e. The molecule has 0 bridgehead atoms. The molecule has 0 spiro atoms. The van der Waals surface area contributed by atoms with Crippen LogP contribution in [0, 0.1) is 0 Å². The summed E-state index contributed by atoms with van der Waals surface area (Å²) in [5.41, 5.74) is 1.83. The van der Waals surface area contributed by atoms with Gasteiger partial charge in [-0.25, -0.2) is 4.98 Å². The number of carbonyl (C=O) groups excluding carboxylic acids is 1. The Bertz CT molecular complexity index is 634. The summed E-state index contributed by atoms with van der Waals surface area (Å²) in [5.74, 6) is 0.347. The highest BCUT2D eigenvalue weighted by atomic mass is 127. The third-order valence-corrected chi connectivity index (χ3v) is 5.72. The zero-order valence-corrected chi connectivity index (χ0v) is 16.1. The Labute approximate surface area is 150 Å². The van der Waals surface area contributed by atoms with Crippen molar-refractivity contribution in [2.75, 3.05) is 24.0 Å². The van der Waals surface area contributed by atoms with E-state index in [0.29, 0.717) is 5.75 Å². The molecule has 1 unspecified atom stereocenters. The maximum atomic E-state index is 12.2. The van der Waals surface area contributed by atoms with Crippen LogP contribution in [0.15, 0.2) is 24.5 Å². The number of halogens is 1. The van der Waals surface area contributed by atoms with Crippen molar-refractivity contribution in [2.45, 2.75) is 10.8 Å². The van der Waals surface area contributed by atoms with Gasteiger partial charge in [-0.05, 0) is 12.1 Å². The van der Waals surface area contributed by atoms with Gasteiger partial charge < -0.3 is 9.45 Å². The number of hydrogen-bond acceptors (Lipinski definition) is 5. The Balaban J connectivity index is 2.23.